The van der Waals surface area contributed by atoms with Crippen LogP contribution in [0.4, 0.5) is 5.69 Å². The average Bonchev–Trinajstić information content (AvgIpc) is 2.40. The van der Waals surface area contributed by atoms with Crippen LogP contribution in [-0.4, -0.2) is 53.7 Å². The molecule has 0 aliphatic heterocycles. The van der Waals surface area contributed by atoms with E-state index in [1.54, 1.807) is 20.1 Å². The van der Waals surface area contributed by atoms with Crippen molar-refractivity contribution in [2.45, 2.75) is 18.7 Å². The smallest absolute Gasteiger partial charge is 0.240 e. The molecule has 0 aliphatic rings. The summed E-state index contributed by atoms with van der Waals surface area (Å²) in [5.74, 6) is 0. The molecule has 7 heteroatoms. The zero-order valence-corrected chi connectivity index (χ0v) is 14.0. The van der Waals surface area contributed by atoms with Crippen molar-refractivity contribution in [3.8, 4) is 0 Å². The van der Waals surface area contributed by atoms with Gasteiger partial charge in [0, 0.05) is 32.4 Å². The highest BCUT2D eigenvalue weighted by molar-refractivity contribution is 7.89. The zero-order valence-electron chi connectivity index (χ0n) is 13.1. The van der Waals surface area contributed by atoms with Crippen LogP contribution in [0.3, 0.4) is 0 Å². The predicted molar refractivity (Wildman–Crippen MR) is 84.9 cm³/mol. The number of sulfonamides is 1. The summed E-state index contributed by atoms with van der Waals surface area (Å²) in [7, 11) is 0.0202. The van der Waals surface area contributed by atoms with Gasteiger partial charge in [0.05, 0.1) is 11.5 Å². The molecule has 1 rings (SSSR count). The lowest BCUT2D eigenvalue weighted by atomic mass is 10.1. The monoisotopic (exact) mass is 315 g/mol. The maximum atomic E-state index is 12.3. The van der Waals surface area contributed by atoms with Gasteiger partial charge in [-0.2, -0.15) is 0 Å². The third-order valence-electron chi connectivity index (χ3n) is 3.39. The molecule has 0 bridgehead atoms. The molecule has 3 N–H and O–H groups in total. The van der Waals surface area contributed by atoms with Crippen molar-refractivity contribution in [2.24, 2.45) is 0 Å². The van der Waals surface area contributed by atoms with E-state index in [9.17, 15) is 8.42 Å². The zero-order chi connectivity index (χ0) is 16.0. The molecular weight excluding hydrogens is 290 g/mol. The molecule has 0 radical (unpaired) electrons. The minimum absolute atomic E-state index is 0.250. The van der Waals surface area contributed by atoms with Gasteiger partial charge in [0.25, 0.3) is 0 Å². The van der Waals surface area contributed by atoms with Crippen LogP contribution in [0, 0.1) is 13.8 Å². The molecule has 0 aromatic heterocycles. The Balaban J connectivity index is 2.70. The molecule has 0 spiro atoms. The summed E-state index contributed by atoms with van der Waals surface area (Å²) < 4.78 is 32.3. The van der Waals surface area contributed by atoms with Crippen molar-refractivity contribution in [1.29, 1.82) is 0 Å². The van der Waals surface area contributed by atoms with Gasteiger partial charge in [-0.25, -0.2) is 13.1 Å². The number of hydrogen-bond acceptors (Lipinski definition) is 5. The van der Waals surface area contributed by atoms with Crippen molar-refractivity contribution < 1.29 is 13.2 Å². The van der Waals surface area contributed by atoms with Gasteiger partial charge in [0.1, 0.15) is 0 Å². The Kier molecular flexibility index (Phi) is 6.60. The first-order valence-electron chi connectivity index (χ1n) is 6.82. The van der Waals surface area contributed by atoms with E-state index in [2.05, 4.69) is 4.72 Å². The van der Waals surface area contributed by atoms with Crippen molar-refractivity contribution in [1.82, 2.24) is 9.62 Å². The predicted octanol–water partition coefficient (Wildman–Crippen LogP) is 0.742. The number of anilines is 1. The second-order valence-electron chi connectivity index (χ2n) is 5.15. The molecule has 21 heavy (non-hydrogen) atoms. The standard InChI is InChI=1S/C14H25N3O3S/c1-11-9-13(15)10-14(12(11)2)21(18,19)16-5-6-17(3)7-8-20-4/h9-10,16H,5-8,15H2,1-4H3. The molecule has 6 nitrogen and oxygen atoms in total. The van der Waals surface area contributed by atoms with Crippen molar-refractivity contribution in [3.05, 3.63) is 23.3 Å². The van der Waals surface area contributed by atoms with Crippen molar-refractivity contribution in [2.75, 3.05) is 46.1 Å². The fourth-order valence-electron chi connectivity index (χ4n) is 1.94. The Labute approximate surface area is 127 Å². The van der Waals surface area contributed by atoms with Gasteiger partial charge in [-0.15, -0.1) is 0 Å². The molecule has 0 heterocycles. The number of likely N-dealkylation sites (N-methyl/N-ethyl adjacent to an activating group) is 1. The Morgan fingerprint density at radius 2 is 1.95 bits per heavy atom. The third-order valence-corrected chi connectivity index (χ3v) is 4.98. The Morgan fingerprint density at radius 1 is 1.29 bits per heavy atom. The van der Waals surface area contributed by atoms with Crippen LogP contribution >= 0.6 is 0 Å². The molecular formula is C14H25N3O3S. The molecule has 1 aromatic rings. The van der Waals surface area contributed by atoms with Gasteiger partial charge >= 0.3 is 0 Å². The van der Waals surface area contributed by atoms with Crippen LogP contribution < -0.4 is 10.5 Å². The Hall–Kier alpha value is -1.15. The molecule has 0 saturated heterocycles. The lowest BCUT2D eigenvalue weighted by Gasteiger charge is -2.17. The number of nitrogens with zero attached hydrogens (tertiary/aromatic N) is 1. The molecule has 120 valence electrons. The second kappa shape index (κ2) is 7.74. The number of hydrogen-bond donors (Lipinski definition) is 2. The summed E-state index contributed by atoms with van der Waals surface area (Å²) in [6.07, 6.45) is 0. The molecule has 0 fully saturated rings. The minimum Gasteiger partial charge on any atom is -0.399 e. The molecule has 0 aliphatic carbocycles. The van der Waals surface area contributed by atoms with E-state index in [0.717, 1.165) is 17.7 Å². The van der Waals surface area contributed by atoms with E-state index in [-0.39, 0.29) is 4.90 Å². The third kappa shape index (κ3) is 5.28. The van der Waals surface area contributed by atoms with Gasteiger partial charge < -0.3 is 15.4 Å². The number of methoxy groups -OCH3 is 1. The van der Waals surface area contributed by atoms with Crippen LogP contribution in [0.15, 0.2) is 17.0 Å². The number of nitrogens with one attached hydrogen (secondary N) is 1. The SMILES string of the molecule is COCCN(C)CCNS(=O)(=O)c1cc(N)cc(C)c1C. The van der Waals surface area contributed by atoms with E-state index in [1.165, 1.54) is 6.07 Å². The van der Waals surface area contributed by atoms with Gasteiger partial charge in [-0.3, -0.25) is 0 Å². The van der Waals surface area contributed by atoms with E-state index in [4.69, 9.17) is 10.5 Å². The first-order valence-corrected chi connectivity index (χ1v) is 8.30. The van der Waals surface area contributed by atoms with Crippen molar-refractivity contribution in [3.63, 3.8) is 0 Å². The Morgan fingerprint density at radius 3 is 2.57 bits per heavy atom. The summed E-state index contributed by atoms with van der Waals surface area (Å²) in [4.78, 5) is 2.25. The summed E-state index contributed by atoms with van der Waals surface area (Å²) in [5.41, 5.74) is 7.79. The number of ether oxygens (including phenoxy) is 1. The number of benzene rings is 1. The van der Waals surface area contributed by atoms with E-state index in [0.29, 0.717) is 25.4 Å². The van der Waals surface area contributed by atoms with Gasteiger partial charge in [-0.05, 0) is 44.2 Å². The fraction of sp³-hybridized carbons (Fsp3) is 0.571. The molecule has 0 unspecified atom stereocenters. The molecule has 0 amide bonds. The van der Waals surface area contributed by atoms with Crippen LogP contribution in [0.5, 0.6) is 0 Å². The summed E-state index contributed by atoms with van der Waals surface area (Å²) >= 11 is 0. The van der Waals surface area contributed by atoms with Crippen LogP contribution in [0.25, 0.3) is 0 Å². The van der Waals surface area contributed by atoms with Gasteiger partial charge in [0.2, 0.25) is 10.0 Å². The molecule has 1 aromatic carbocycles. The first kappa shape index (κ1) is 17.9. The van der Waals surface area contributed by atoms with E-state index in [1.807, 2.05) is 18.9 Å². The van der Waals surface area contributed by atoms with E-state index < -0.39 is 10.0 Å². The fourth-order valence-corrected chi connectivity index (χ4v) is 3.31. The molecule has 0 saturated carbocycles. The number of rotatable bonds is 8. The number of nitrogens with two attached hydrogens (primary N) is 1. The van der Waals surface area contributed by atoms with Crippen LogP contribution in [-0.2, 0) is 14.8 Å². The lowest BCUT2D eigenvalue weighted by molar-refractivity contribution is 0.162. The summed E-state index contributed by atoms with van der Waals surface area (Å²) in [5, 5.41) is 0. The first-order chi connectivity index (χ1) is 9.77. The molecule has 0 atom stereocenters. The minimum atomic E-state index is -3.54. The quantitative estimate of drug-likeness (QED) is 0.691. The second-order valence-corrected chi connectivity index (χ2v) is 6.89. The van der Waals surface area contributed by atoms with Gasteiger partial charge in [-0.1, -0.05) is 0 Å². The van der Waals surface area contributed by atoms with Gasteiger partial charge in [0.15, 0.2) is 0 Å². The summed E-state index contributed by atoms with van der Waals surface area (Å²) in [6, 6.07) is 3.27. The largest absolute Gasteiger partial charge is 0.399 e. The van der Waals surface area contributed by atoms with Crippen molar-refractivity contribution >= 4 is 15.7 Å². The summed E-state index contributed by atoms with van der Waals surface area (Å²) in [6.45, 7) is 5.97. The topological polar surface area (TPSA) is 84.7 Å². The highest BCUT2D eigenvalue weighted by Crippen LogP contribution is 2.21. The maximum Gasteiger partial charge on any atom is 0.240 e. The van der Waals surface area contributed by atoms with Crippen LogP contribution in [0.1, 0.15) is 11.1 Å². The van der Waals surface area contributed by atoms with Crippen LogP contribution in [0.2, 0.25) is 0 Å². The lowest BCUT2D eigenvalue weighted by Crippen LogP contribution is -2.34. The Bertz CT molecular complexity index is 573. The maximum absolute atomic E-state index is 12.3. The normalized spacial score (nSPS) is 12.0. The highest BCUT2D eigenvalue weighted by Gasteiger charge is 2.18. The number of nitrogen functional groups attached to an aromatic ring is 1. The van der Waals surface area contributed by atoms with E-state index >= 15 is 0 Å². The average molecular weight is 315 g/mol. The number of aryl methyl sites for hydroxylation is 1. The highest BCUT2D eigenvalue weighted by atomic mass is 32.2.